The van der Waals surface area contributed by atoms with Crippen LogP contribution >= 0.6 is 12.4 Å². The molecule has 1 fully saturated rings. The fourth-order valence-corrected chi connectivity index (χ4v) is 1.33. The van der Waals surface area contributed by atoms with E-state index in [1.807, 2.05) is 0 Å². The van der Waals surface area contributed by atoms with Gasteiger partial charge in [-0.05, 0) is 12.8 Å². The van der Waals surface area contributed by atoms with Crippen molar-refractivity contribution in [2.45, 2.75) is 37.6 Å². The van der Waals surface area contributed by atoms with Crippen LogP contribution in [0.1, 0.15) is 32.1 Å². The molecule has 2 heteroatoms. The Morgan fingerprint density at radius 3 is 2.00 bits per heavy atom. The smallest absolute Gasteiger partial charge is 0.0773 e. The fraction of sp³-hybridized carbons (Fsp3) is 0.750. The van der Waals surface area contributed by atoms with Crippen LogP contribution in [0.2, 0.25) is 0 Å². The van der Waals surface area contributed by atoms with Crippen LogP contribution in [-0.2, 0) is 0 Å². The summed E-state index contributed by atoms with van der Waals surface area (Å²) in [6.07, 6.45) is 11.0. The van der Waals surface area contributed by atoms with Gasteiger partial charge in [0.05, 0.1) is 5.54 Å². The van der Waals surface area contributed by atoms with Crippen molar-refractivity contribution in [1.29, 1.82) is 0 Å². The van der Waals surface area contributed by atoms with E-state index in [2.05, 4.69) is 5.92 Å². The van der Waals surface area contributed by atoms with E-state index in [1.165, 1.54) is 19.3 Å². The minimum Gasteiger partial charge on any atom is -0.315 e. The zero-order valence-corrected chi connectivity index (χ0v) is 6.91. The molecular weight excluding hydrogens is 146 g/mol. The van der Waals surface area contributed by atoms with Crippen LogP contribution in [0.15, 0.2) is 0 Å². The number of hydrogen-bond acceptors (Lipinski definition) is 1. The monoisotopic (exact) mass is 159 g/mol. The Bertz CT molecular complexity index is 131. The highest BCUT2D eigenvalue weighted by Crippen LogP contribution is 2.24. The van der Waals surface area contributed by atoms with Crippen molar-refractivity contribution in [3.05, 3.63) is 0 Å². The highest BCUT2D eigenvalue weighted by Gasteiger charge is 2.23. The summed E-state index contributed by atoms with van der Waals surface area (Å²) >= 11 is 0. The zero-order valence-electron chi connectivity index (χ0n) is 6.10. The molecule has 0 heterocycles. The van der Waals surface area contributed by atoms with Crippen LogP contribution in [0, 0.1) is 12.3 Å². The minimum atomic E-state index is -0.252. The van der Waals surface area contributed by atoms with Gasteiger partial charge in [-0.2, -0.15) is 0 Å². The van der Waals surface area contributed by atoms with Crippen molar-refractivity contribution in [1.82, 2.24) is 0 Å². The van der Waals surface area contributed by atoms with Crippen molar-refractivity contribution in [2.75, 3.05) is 0 Å². The number of hydrogen-bond donors (Lipinski definition) is 1. The van der Waals surface area contributed by atoms with Gasteiger partial charge in [0.2, 0.25) is 0 Å². The maximum Gasteiger partial charge on any atom is 0.0773 e. The molecule has 0 saturated heterocycles. The first kappa shape index (κ1) is 9.81. The molecular formula is C8H14ClN. The molecule has 1 nitrogen and oxygen atoms in total. The molecule has 1 aliphatic rings. The minimum absolute atomic E-state index is 0. The molecule has 0 spiro atoms. The number of terminal acetylenes is 1. The number of rotatable bonds is 0. The van der Waals surface area contributed by atoms with Gasteiger partial charge in [0, 0.05) is 0 Å². The van der Waals surface area contributed by atoms with Gasteiger partial charge in [-0.1, -0.05) is 25.2 Å². The Morgan fingerprint density at radius 1 is 1.20 bits per heavy atom. The predicted molar refractivity (Wildman–Crippen MR) is 46.1 cm³/mol. The number of halogens is 1. The van der Waals surface area contributed by atoms with Gasteiger partial charge in [0.15, 0.2) is 0 Å². The lowest BCUT2D eigenvalue weighted by Crippen LogP contribution is -2.39. The molecule has 10 heavy (non-hydrogen) atoms. The molecule has 2 N–H and O–H groups in total. The quantitative estimate of drug-likeness (QED) is 0.535. The summed E-state index contributed by atoms with van der Waals surface area (Å²) in [7, 11) is 0. The van der Waals surface area contributed by atoms with Crippen molar-refractivity contribution in [3.63, 3.8) is 0 Å². The molecule has 0 aromatic heterocycles. The maximum absolute atomic E-state index is 5.82. The van der Waals surface area contributed by atoms with Crippen LogP contribution < -0.4 is 5.73 Å². The van der Waals surface area contributed by atoms with E-state index in [-0.39, 0.29) is 17.9 Å². The van der Waals surface area contributed by atoms with Gasteiger partial charge in [-0.15, -0.1) is 18.8 Å². The summed E-state index contributed by atoms with van der Waals surface area (Å²) in [6.45, 7) is 0. The topological polar surface area (TPSA) is 26.0 Å². The van der Waals surface area contributed by atoms with E-state index in [0.717, 1.165) is 12.8 Å². The normalized spacial score (nSPS) is 22.4. The lowest BCUT2D eigenvalue weighted by Gasteiger charge is -2.27. The Kier molecular flexibility index (Phi) is 3.78. The molecule has 0 radical (unpaired) electrons. The molecule has 0 aliphatic heterocycles. The molecule has 1 aliphatic carbocycles. The summed E-state index contributed by atoms with van der Waals surface area (Å²) in [6, 6.07) is 0. The maximum atomic E-state index is 5.82. The van der Waals surface area contributed by atoms with Crippen molar-refractivity contribution in [3.8, 4) is 12.3 Å². The Hall–Kier alpha value is -0.190. The third-order valence-corrected chi connectivity index (χ3v) is 2.03. The van der Waals surface area contributed by atoms with Gasteiger partial charge >= 0.3 is 0 Å². The largest absolute Gasteiger partial charge is 0.315 e. The first-order valence-corrected chi connectivity index (χ1v) is 3.53. The highest BCUT2D eigenvalue weighted by molar-refractivity contribution is 5.85. The lowest BCUT2D eigenvalue weighted by molar-refractivity contribution is 0.371. The lowest BCUT2D eigenvalue weighted by atomic mass is 9.83. The van der Waals surface area contributed by atoms with E-state index < -0.39 is 0 Å². The first-order valence-electron chi connectivity index (χ1n) is 3.53. The van der Waals surface area contributed by atoms with Gasteiger partial charge in [-0.3, -0.25) is 0 Å². The summed E-state index contributed by atoms with van der Waals surface area (Å²) in [5.74, 6) is 2.66. The van der Waals surface area contributed by atoms with E-state index in [9.17, 15) is 0 Å². The predicted octanol–water partition coefficient (Wildman–Crippen LogP) is 1.70. The molecule has 0 atom stereocenters. The Morgan fingerprint density at radius 2 is 1.70 bits per heavy atom. The van der Waals surface area contributed by atoms with Crippen LogP contribution in [0.4, 0.5) is 0 Å². The highest BCUT2D eigenvalue weighted by atomic mass is 35.5. The van der Waals surface area contributed by atoms with Gasteiger partial charge in [0.1, 0.15) is 0 Å². The standard InChI is InChI=1S/C8H13N.ClH/c1-2-8(9)6-4-3-5-7-8;/h1H,3-7,9H2;1H. The van der Waals surface area contributed by atoms with Crippen molar-refractivity contribution >= 4 is 12.4 Å². The molecule has 0 unspecified atom stereocenters. The van der Waals surface area contributed by atoms with Crippen LogP contribution in [-0.4, -0.2) is 5.54 Å². The van der Waals surface area contributed by atoms with E-state index in [0.29, 0.717) is 0 Å². The van der Waals surface area contributed by atoms with E-state index in [1.54, 1.807) is 0 Å². The third kappa shape index (κ3) is 2.21. The van der Waals surface area contributed by atoms with Crippen LogP contribution in [0.3, 0.4) is 0 Å². The molecule has 0 aromatic rings. The zero-order chi connectivity index (χ0) is 6.74. The van der Waals surface area contributed by atoms with Gasteiger partial charge in [-0.25, -0.2) is 0 Å². The van der Waals surface area contributed by atoms with Crippen LogP contribution in [0.25, 0.3) is 0 Å². The Balaban J connectivity index is 0.000000810. The molecule has 0 aromatic carbocycles. The molecule has 1 rings (SSSR count). The molecule has 0 amide bonds. The van der Waals surface area contributed by atoms with Crippen molar-refractivity contribution in [2.24, 2.45) is 5.73 Å². The molecule has 58 valence electrons. The second-order valence-electron chi connectivity index (χ2n) is 2.86. The first-order chi connectivity index (χ1) is 4.27. The molecule has 1 saturated carbocycles. The summed E-state index contributed by atoms with van der Waals surface area (Å²) < 4.78 is 0. The Labute approximate surface area is 68.8 Å². The van der Waals surface area contributed by atoms with Crippen LogP contribution in [0.5, 0.6) is 0 Å². The summed E-state index contributed by atoms with van der Waals surface area (Å²) in [5.41, 5.74) is 5.57. The van der Waals surface area contributed by atoms with E-state index >= 15 is 0 Å². The van der Waals surface area contributed by atoms with E-state index in [4.69, 9.17) is 12.2 Å². The van der Waals surface area contributed by atoms with Crippen molar-refractivity contribution < 1.29 is 0 Å². The second kappa shape index (κ2) is 3.85. The third-order valence-electron chi connectivity index (χ3n) is 2.03. The molecule has 0 bridgehead atoms. The summed E-state index contributed by atoms with van der Waals surface area (Å²) in [4.78, 5) is 0. The SMILES string of the molecule is C#CC1(N)CCCCC1.Cl. The average molecular weight is 160 g/mol. The average Bonchev–Trinajstić information content (AvgIpc) is 1.90. The number of nitrogens with two attached hydrogens (primary N) is 1. The van der Waals surface area contributed by atoms with Gasteiger partial charge in [0.25, 0.3) is 0 Å². The second-order valence-corrected chi connectivity index (χ2v) is 2.86. The summed E-state index contributed by atoms with van der Waals surface area (Å²) in [5, 5.41) is 0. The van der Waals surface area contributed by atoms with Gasteiger partial charge < -0.3 is 5.73 Å². The fourth-order valence-electron chi connectivity index (χ4n) is 1.33.